The Labute approximate surface area is 182 Å². The quantitative estimate of drug-likeness (QED) is 0.350. The molecule has 0 aliphatic heterocycles. The lowest BCUT2D eigenvalue weighted by Crippen LogP contribution is -2.23. The van der Waals surface area contributed by atoms with E-state index in [-0.39, 0.29) is 16.5 Å². The first-order valence-corrected chi connectivity index (χ1v) is 9.71. The zero-order chi connectivity index (χ0) is 22.0. The van der Waals surface area contributed by atoms with Gasteiger partial charge >= 0.3 is 0 Å². The fourth-order valence-electron chi connectivity index (χ4n) is 3.31. The van der Waals surface area contributed by atoms with Crippen LogP contribution < -0.4 is 10.1 Å². The molecule has 0 spiro atoms. The van der Waals surface area contributed by atoms with E-state index in [1.807, 2.05) is 0 Å². The van der Waals surface area contributed by atoms with Gasteiger partial charge in [-0.25, -0.2) is 4.39 Å². The van der Waals surface area contributed by atoms with Gasteiger partial charge in [-0.15, -0.1) is 0 Å². The summed E-state index contributed by atoms with van der Waals surface area (Å²) in [5.74, 6) is -1.43. The smallest absolute Gasteiger partial charge is 0.296 e. The Morgan fingerprint density at radius 1 is 1.10 bits per heavy atom. The number of hydrogen-bond acceptors (Lipinski definition) is 4. The van der Waals surface area contributed by atoms with Crippen molar-refractivity contribution in [2.75, 3.05) is 12.4 Å². The van der Waals surface area contributed by atoms with Crippen molar-refractivity contribution in [1.82, 2.24) is 9.55 Å². The Balaban J connectivity index is 1.78. The molecule has 2 aromatic heterocycles. The second kappa shape index (κ2) is 8.57. The lowest BCUT2D eigenvalue weighted by Gasteiger charge is -2.08. The third-order valence-corrected chi connectivity index (χ3v) is 5.23. The van der Waals surface area contributed by atoms with Crippen molar-refractivity contribution in [2.24, 2.45) is 0 Å². The highest BCUT2D eigenvalue weighted by atomic mass is 35.5. The number of aromatic nitrogens is 2. The van der Waals surface area contributed by atoms with Crippen LogP contribution in [-0.2, 0) is 11.3 Å². The molecule has 2 heterocycles. The number of nitrogens with zero attached hydrogens (tertiary/aromatic N) is 2. The highest BCUT2D eigenvalue weighted by Gasteiger charge is 2.27. The van der Waals surface area contributed by atoms with Crippen LogP contribution in [0.5, 0.6) is 5.75 Å². The zero-order valence-electron chi connectivity index (χ0n) is 16.4. The predicted molar refractivity (Wildman–Crippen MR) is 116 cm³/mol. The number of benzene rings is 2. The Kier molecular flexibility index (Phi) is 5.68. The van der Waals surface area contributed by atoms with E-state index in [4.69, 9.17) is 16.3 Å². The molecular formula is C23H17ClFN3O3. The molecule has 0 saturated heterocycles. The van der Waals surface area contributed by atoms with E-state index in [9.17, 15) is 14.0 Å². The van der Waals surface area contributed by atoms with Crippen molar-refractivity contribution in [3.05, 3.63) is 89.1 Å². The van der Waals surface area contributed by atoms with Gasteiger partial charge in [0.2, 0.25) is 0 Å². The molecule has 0 atom stereocenters. The van der Waals surface area contributed by atoms with E-state index in [0.717, 1.165) is 5.56 Å². The highest BCUT2D eigenvalue weighted by molar-refractivity contribution is 6.51. The number of carbonyl (C=O) groups excluding carboxylic acids is 2. The van der Waals surface area contributed by atoms with Crippen LogP contribution in [0.4, 0.5) is 10.1 Å². The van der Waals surface area contributed by atoms with Crippen molar-refractivity contribution in [3.8, 4) is 5.75 Å². The van der Waals surface area contributed by atoms with Gasteiger partial charge in [0.15, 0.2) is 0 Å². The number of pyridine rings is 1. The molecule has 0 saturated carbocycles. The fraction of sp³-hybridized carbons (Fsp3) is 0.0870. The van der Waals surface area contributed by atoms with Crippen molar-refractivity contribution in [1.29, 1.82) is 0 Å². The van der Waals surface area contributed by atoms with Crippen molar-refractivity contribution in [3.63, 3.8) is 0 Å². The molecule has 4 aromatic rings. The molecule has 0 aliphatic carbocycles. The minimum absolute atomic E-state index is 0.0734. The third kappa shape index (κ3) is 4.13. The van der Waals surface area contributed by atoms with Crippen molar-refractivity contribution in [2.45, 2.75) is 6.54 Å². The number of rotatable bonds is 6. The topological polar surface area (TPSA) is 73.2 Å². The van der Waals surface area contributed by atoms with E-state index < -0.39 is 11.7 Å². The fourth-order valence-corrected chi connectivity index (χ4v) is 3.65. The SMILES string of the molecule is COc1ccc2c(c1)c(C(=O)C(=O)Nc1ccncc1)c(Cl)n2Cc1ccc(F)cc1. The average Bonchev–Trinajstić information content (AvgIpc) is 3.05. The summed E-state index contributed by atoms with van der Waals surface area (Å²) in [5.41, 5.74) is 1.95. The number of fused-ring (bicyclic) bond motifs is 1. The minimum atomic E-state index is -0.822. The van der Waals surface area contributed by atoms with Gasteiger partial charge in [0, 0.05) is 30.0 Å². The van der Waals surface area contributed by atoms with Gasteiger partial charge in [-0.05, 0) is 48.0 Å². The van der Waals surface area contributed by atoms with E-state index in [2.05, 4.69) is 10.3 Å². The number of nitrogens with one attached hydrogen (secondary N) is 1. The molecule has 1 N–H and O–H groups in total. The number of halogens is 2. The summed E-state index contributed by atoms with van der Waals surface area (Å²) in [6.45, 7) is 0.293. The standard InChI is InChI=1S/C23H17ClFN3O3/c1-31-17-6-7-19-18(12-17)20(21(29)23(30)27-16-8-10-26-11-9-16)22(24)28(19)13-14-2-4-15(25)5-3-14/h2-12H,13H2,1H3,(H,26,27,30). The Morgan fingerprint density at radius 3 is 2.48 bits per heavy atom. The third-order valence-electron chi connectivity index (χ3n) is 4.83. The lowest BCUT2D eigenvalue weighted by molar-refractivity contribution is -0.112. The Bertz CT molecular complexity index is 1270. The number of methoxy groups -OCH3 is 1. The number of Topliss-reactive ketones (excluding diaryl/α,β-unsaturated/α-hetero) is 1. The minimum Gasteiger partial charge on any atom is -0.497 e. The normalized spacial score (nSPS) is 10.8. The molecule has 156 valence electrons. The number of ether oxygens (including phenoxy) is 1. The summed E-state index contributed by atoms with van der Waals surface area (Å²) >= 11 is 6.61. The lowest BCUT2D eigenvalue weighted by atomic mass is 10.1. The van der Waals surface area contributed by atoms with E-state index >= 15 is 0 Å². The van der Waals surface area contributed by atoms with Crippen LogP contribution >= 0.6 is 11.6 Å². The first-order valence-electron chi connectivity index (χ1n) is 9.34. The summed E-state index contributed by atoms with van der Waals surface area (Å²) in [6.07, 6.45) is 3.01. The maximum atomic E-state index is 13.3. The monoisotopic (exact) mass is 437 g/mol. The molecule has 6 nitrogen and oxygen atoms in total. The van der Waals surface area contributed by atoms with Gasteiger partial charge < -0.3 is 14.6 Å². The number of amides is 1. The highest BCUT2D eigenvalue weighted by Crippen LogP contribution is 2.34. The summed E-state index contributed by atoms with van der Waals surface area (Å²) in [5, 5.41) is 3.16. The molecule has 1 amide bonds. The van der Waals surface area contributed by atoms with Gasteiger partial charge in [0.25, 0.3) is 11.7 Å². The number of carbonyl (C=O) groups is 2. The molecule has 0 aliphatic rings. The maximum Gasteiger partial charge on any atom is 0.296 e. The number of anilines is 1. The zero-order valence-corrected chi connectivity index (χ0v) is 17.2. The molecule has 0 radical (unpaired) electrons. The van der Waals surface area contributed by atoms with Crippen LogP contribution in [0.15, 0.2) is 67.0 Å². The number of hydrogen-bond donors (Lipinski definition) is 1. The van der Waals surface area contributed by atoms with Crippen LogP contribution in [-0.4, -0.2) is 28.4 Å². The molecule has 0 unspecified atom stereocenters. The first kappa shape index (κ1) is 20.6. The molecular weight excluding hydrogens is 421 g/mol. The van der Waals surface area contributed by atoms with Gasteiger partial charge in [-0.3, -0.25) is 14.6 Å². The second-order valence-electron chi connectivity index (χ2n) is 6.78. The summed E-state index contributed by atoms with van der Waals surface area (Å²) in [6, 6.07) is 14.3. The first-order chi connectivity index (χ1) is 15.0. The Hall–Kier alpha value is -3.71. The largest absolute Gasteiger partial charge is 0.497 e. The molecule has 0 bridgehead atoms. The van der Waals surface area contributed by atoms with Crippen LogP contribution in [0.2, 0.25) is 5.15 Å². The average molecular weight is 438 g/mol. The molecule has 31 heavy (non-hydrogen) atoms. The van der Waals surface area contributed by atoms with Gasteiger partial charge in [0.1, 0.15) is 16.7 Å². The second-order valence-corrected chi connectivity index (χ2v) is 7.14. The van der Waals surface area contributed by atoms with E-state index in [1.165, 1.54) is 31.6 Å². The Morgan fingerprint density at radius 2 is 1.81 bits per heavy atom. The molecule has 2 aromatic carbocycles. The molecule has 8 heteroatoms. The summed E-state index contributed by atoms with van der Waals surface area (Å²) in [4.78, 5) is 29.6. The van der Waals surface area contributed by atoms with E-state index in [1.54, 1.807) is 47.0 Å². The van der Waals surface area contributed by atoms with Gasteiger partial charge in [-0.1, -0.05) is 23.7 Å². The van der Waals surface area contributed by atoms with Crippen molar-refractivity contribution < 1.29 is 18.7 Å². The predicted octanol–water partition coefficient (Wildman–Crippen LogP) is 4.71. The van der Waals surface area contributed by atoms with Gasteiger partial charge in [0.05, 0.1) is 18.2 Å². The van der Waals surface area contributed by atoms with Crippen LogP contribution in [0.1, 0.15) is 15.9 Å². The van der Waals surface area contributed by atoms with E-state index in [0.29, 0.717) is 28.9 Å². The van der Waals surface area contributed by atoms with Crippen LogP contribution in [0.25, 0.3) is 10.9 Å². The van der Waals surface area contributed by atoms with Crippen molar-refractivity contribution >= 4 is 39.9 Å². The van der Waals surface area contributed by atoms with Crippen LogP contribution in [0, 0.1) is 5.82 Å². The molecule has 0 fully saturated rings. The van der Waals surface area contributed by atoms with Crippen LogP contribution in [0.3, 0.4) is 0 Å². The molecule has 4 rings (SSSR count). The maximum absolute atomic E-state index is 13.3. The summed E-state index contributed by atoms with van der Waals surface area (Å²) in [7, 11) is 1.51. The van der Waals surface area contributed by atoms with Gasteiger partial charge in [-0.2, -0.15) is 0 Å². The summed E-state index contributed by atoms with van der Waals surface area (Å²) < 4.78 is 20.3. The number of ketones is 1.